The van der Waals surface area contributed by atoms with E-state index in [-0.39, 0.29) is 11.2 Å². The maximum absolute atomic E-state index is 12.3. The molecule has 1 fully saturated rings. The van der Waals surface area contributed by atoms with Gasteiger partial charge in [0.15, 0.2) is 0 Å². The fourth-order valence-corrected chi connectivity index (χ4v) is 3.98. The average Bonchev–Trinajstić information content (AvgIpc) is 2.44. The average molecular weight is 291 g/mol. The highest BCUT2D eigenvalue weighted by Crippen LogP contribution is 2.31. The Hall–Kier alpha value is -0.960. The summed E-state index contributed by atoms with van der Waals surface area (Å²) in [6, 6.07) is 6.09. The van der Waals surface area contributed by atoms with E-state index < -0.39 is 0 Å². The third-order valence-corrected chi connectivity index (χ3v) is 5.57. The summed E-state index contributed by atoms with van der Waals surface area (Å²) in [6.07, 6.45) is 6.55. The number of carbonyl (C=O) groups excluding carboxylic acids is 1. The molecule has 1 amide bonds. The van der Waals surface area contributed by atoms with Gasteiger partial charge in [0.25, 0.3) is 0 Å². The molecule has 1 N–H and O–H groups in total. The van der Waals surface area contributed by atoms with E-state index in [4.69, 9.17) is 0 Å². The molecule has 0 aliphatic heterocycles. The molecule has 1 aliphatic rings. The van der Waals surface area contributed by atoms with E-state index in [2.05, 4.69) is 25.2 Å². The summed E-state index contributed by atoms with van der Waals surface area (Å²) in [5.41, 5.74) is 3.39. The molecule has 2 rings (SSSR count). The summed E-state index contributed by atoms with van der Waals surface area (Å²) >= 11 is 1.84. The first-order valence-corrected chi connectivity index (χ1v) is 8.54. The molecular weight excluding hydrogens is 266 g/mol. The molecule has 0 spiro atoms. The highest BCUT2D eigenvalue weighted by atomic mass is 32.2. The predicted octanol–water partition coefficient (Wildman–Crippen LogP) is 4.70. The number of hydrogen-bond donors (Lipinski definition) is 1. The van der Waals surface area contributed by atoms with Gasteiger partial charge in [-0.2, -0.15) is 0 Å². The number of nitrogens with one attached hydrogen (secondary N) is 1. The van der Waals surface area contributed by atoms with E-state index in [0.29, 0.717) is 5.25 Å². The summed E-state index contributed by atoms with van der Waals surface area (Å²) in [6.45, 7) is 6.18. The second kappa shape index (κ2) is 7.16. The molecule has 0 saturated heterocycles. The molecular formula is C17H25NOS. The lowest BCUT2D eigenvalue weighted by Gasteiger charge is -2.24. The summed E-state index contributed by atoms with van der Waals surface area (Å²) < 4.78 is 0. The van der Waals surface area contributed by atoms with E-state index in [9.17, 15) is 4.79 Å². The molecule has 0 aromatic heterocycles. The second-order valence-electron chi connectivity index (χ2n) is 5.83. The van der Waals surface area contributed by atoms with Crippen LogP contribution < -0.4 is 5.32 Å². The van der Waals surface area contributed by atoms with Crippen LogP contribution >= 0.6 is 11.8 Å². The van der Waals surface area contributed by atoms with Crippen molar-refractivity contribution < 1.29 is 4.79 Å². The minimum atomic E-state index is 0.0275. The fourth-order valence-electron chi connectivity index (χ4n) is 2.61. The van der Waals surface area contributed by atoms with Gasteiger partial charge in [0.05, 0.1) is 5.25 Å². The SMILES string of the molecule is Cc1ccc(NC(=O)C(C)SC2CCCCC2)cc1C. The molecule has 1 unspecified atom stereocenters. The van der Waals surface area contributed by atoms with Crippen LogP contribution in [0.5, 0.6) is 0 Å². The zero-order valence-electron chi connectivity index (χ0n) is 12.7. The lowest BCUT2D eigenvalue weighted by molar-refractivity contribution is -0.115. The van der Waals surface area contributed by atoms with Crippen molar-refractivity contribution in [2.45, 2.75) is 63.4 Å². The minimum absolute atomic E-state index is 0.0275. The zero-order valence-corrected chi connectivity index (χ0v) is 13.6. The largest absolute Gasteiger partial charge is 0.325 e. The van der Waals surface area contributed by atoms with Gasteiger partial charge < -0.3 is 5.32 Å². The van der Waals surface area contributed by atoms with Crippen LogP contribution in [-0.2, 0) is 4.79 Å². The molecule has 1 atom stereocenters. The van der Waals surface area contributed by atoms with Crippen molar-refractivity contribution in [3.05, 3.63) is 29.3 Å². The quantitative estimate of drug-likeness (QED) is 0.871. The molecule has 1 aromatic carbocycles. The molecule has 110 valence electrons. The van der Waals surface area contributed by atoms with Gasteiger partial charge in [0.2, 0.25) is 5.91 Å². The van der Waals surface area contributed by atoms with Gasteiger partial charge in [0.1, 0.15) is 0 Å². The van der Waals surface area contributed by atoms with Gasteiger partial charge in [-0.1, -0.05) is 25.3 Å². The number of anilines is 1. The monoisotopic (exact) mass is 291 g/mol. The van der Waals surface area contributed by atoms with Crippen molar-refractivity contribution in [1.29, 1.82) is 0 Å². The summed E-state index contributed by atoms with van der Waals surface area (Å²) in [5, 5.41) is 3.74. The molecule has 0 heterocycles. The van der Waals surface area contributed by atoms with Crippen molar-refractivity contribution in [2.75, 3.05) is 5.32 Å². The van der Waals surface area contributed by atoms with Gasteiger partial charge in [-0.3, -0.25) is 4.79 Å². The Morgan fingerprint density at radius 1 is 1.20 bits per heavy atom. The van der Waals surface area contributed by atoms with Crippen LogP contribution in [0.1, 0.15) is 50.2 Å². The number of hydrogen-bond acceptors (Lipinski definition) is 2. The maximum Gasteiger partial charge on any atom is 0.237 e. The normalized spacial score (nSPS) is 17.8. The lowest BCUT2D eigenvalue weighted by Crippen LogP contribution is -2.25. The summed E-state index contributed by atoms with van der Waals surface area (Å²) in [5.74, 6) is 0.129. The number of benzene rings is 1. The van der Waals surface area contributed by atoms with Gasteiger partial charge in [-0.05, 0) is 56.9 Å². The molecule has 1 aliphatic carbocycles. The lowest BCUT2D eigenvalue weighted by atomic mass is 10.0. The number of thioether (sulfide) groups is 1. The Balaban J connectivity index is 1.88. The van der Waals surface area contributed by atoms with Crippen LogP contribution in [0.3, 0.4) is 0 Å². The molecule has 3 heteroatoms. The van der Waals surface area contributed by atoms with Gasteiger partial charge >= 0.3 is 0 Å². The third-order valence-electron chi connectivity index (χ3n) is 4.09. The van der Waals surface area contributed by atoms with Crippen LogP contribution in [0.25, 0.3) is 0 Å². The van der Waals surface area contributed by atoms with Gasteiger partial charge in [-0.25, -0.2) is 0 Å². The Morgan fingerprint density at radius 3 is 2.55 bits per heavy atom. The molecule has 20 heavy (non-hydrogen) atoms. The first-order valence-electron chi connectivity index (χ1n) is 7.60. The van der Waals surface area contributed by atoms with Crippen molar-refractivity contribution in [3.8, 4) is 0 Å². The number of amides is 1. The Labute approximate surface area is 126 Å². The van der Waals surface area contributed by atoms with Crippen LogP contribution in [0.4, 0.5) is 5.69 Å². The smallest absolute Gasteiger partial charge is 0.237 e. The molecule has 1 saturated carbocycles. The van der Waals surface area contributed by atoms with Gasteiger partial charge in [0, 0.05) is 10.9 Å². The van der Waals surface area contributed by atoms with E-state index in [1.807, 2.05) is 30.8 Å². The minimum Gasteiger partial charge on any atom is -0.325 e. The zero-order chi connectivity index (χ0) is 14.5. The summed E-state index contributed by atoms with van der Waals surface area (Å²) in [4.78, 5) is 12.3. The highest BCUT2D eigenvalue weighted by Gasteiger charge is 2.21. The first-order chi connectivity index (χ1) is 9.56. The Bertz CT molecular complexity index is 466. The van der Waals surface area contributed by atoms with Crippen LogP contribution in [0.15, 0.2) is 18.2 Å². The maximum atomic E-state index is 12.3. The first kappa shape index (κ1) is 15.4. The van der Waals surface area contributed by atoms with Crippen molar-refractivity contribution in [3.63, 3.8) is 0 Å². The van der Waals surface area contributed by atoms with E-state index in [1.165, 1.54) is 43.2 Å². The standard InChI is InChI=1S/C17H25NOS/c1-12-9-10-15(11-13(12)2)18-17(19)14(3)20-16-7-5-4-6-8-16/h9-11,14,16H,4-8H2,1-3H3,(H,18,19). The van der Waals surface area contributed by atoms with Gasteiger partial charge in [-0.15, -0.1) is 11.8 Å². The predicted molar refractivity (Wildman–Crippen MR) is 88.5 cm³/mol. The highest BCUT2D eigenvalue weighted by molar-refractivity contribution is 8.01. The van der Waals surface area contributed by atoms with Crippen molar-refractivity contribution in [1.82, 2.24) is 0 Å². The molecule has 0 bridgehead atoms. The Kier molecular flexibility index (Phi) is 5.53. The number of aryl methyl sites for hydroxylation is 2. The molecule has 2 nitrogen and oxygen atoms in total. The fraction of sp³-hybridized carbons (Fsp3) is 0.588. The van der Waals surface area contributed by atoms with E-state index in [0.717, 1.165) is 5.69 Å². The Morgan fingerprint density at radius 2 is 1.90 bits per heavy atom. The van der Waals surface area contributed by atoms with Crippen LogP contribution in [0.2, 0.25) is 0 Å². The van der Waals surface area contributed by atoms with Crippen molar-refractivity contribution in [2.24, 2.45) is 0 Å². The van der Waals surface area contributed by atoms with Crippen LogP contribution in [-0.4, -0.2) is 16.4 Å². The number of rotatable bonds is 4. The second-order valence-corrected chi connectivity index (χ2v) is 7.47. The number of carbonyl (C=O) groups is 1. The van der Waals surface area contributed by atoms with Crippen molar-refractivity contribution >= 4 is 23.4 Å². The summed E-state index contributed by atoms with van der Waals surface area (Å²) in [7, 11) is 0. The van der Waals surface area contributed by atoms with E-state index in [1.54, 1.807) is 0 Å². The molecule has 0 radical (unpaired) electrons. The third kappa shape index (κ3) is 4.27. The van der Waals surface area contributed by atoms with Crippen LogP contribution in [0, 0.1) is 13.8 Å². The molecule has 1 aromatic rings. The topological polar surface area (TPSA) is 29.1 Å². The van der Waals surface area contributed by atoms with E-state index >= 15 is 0 Å².